The van der Waals surface area contributed by atoms with Gasteiger partial charge in [-0.3, -0.25) is 9.36 Å². The van der Waals surface area contributed by atoms with Gasteiger partial charge in [0.05, 0.1) is 22.8 Å². The molecule has 1 aliphatic rings. The van der Waals surface area contributed by atoms with Gasteiger partial charge >= 0.3 is 12.1 Å². The Labute approximate surface area is 202 Å². The van der Waals surface area contributed by atoms with Crippen LogP contribution in [0.25, 0.3) is 10.9 Å². The Hall–Kier alpha value is -3.71. The molecule has 1 fully saturated rings. The SMILES string of the molecule is NC(=O)n1cc(NC(=O)N2C[C@H](F)C[C@H]2C(=O)NS(=O)(=O)c2cccc(Cl)c2F)c2ccccc21. The summed E-state index contributed by atoms with van der Waals surface area (Å²) in [5.41, 5.74) is 5.93. The van der Waals surface area contributed by atoms with Crippen molar-refractivity contribution < 1.29 is 31.6 Å². The number of likely N-dealkylation sites (tertiary alicyclic amines) is 1. The zero-order chi connectivity index (χ0) is 25.5. The number of aromatic nitrogens is 1. The molecule has 14 heteroatoms. The molecule has 0 saturated carbocycles. The van der Waals surface area contributed by atoms with E-state index in [2.05, 4.69) is 5.32 Å². The van der Waals surface area contributed by atoms with Gasteiger partial charge in [0.25, 0.3) is 15.9 Å². The lowest BCUT2D eigenvalue weighted by Gasteiger charge is -2.23. The molecule has 4 rings (SSSR count). The lowest BCUT2D eigenvalue weighted by atomic mass is 10.2. The standard InChI is InChI=1S/C21H18ClF2N5O5S/c22-13-5-3-7-17(18(13)24)35(33,34)27-19(30)16-8-11(23)9-29(16)21(32)26-14-10-28(20(25)31)15-6-2-1-4-12(14)15/h1-7,10-11,16H,8-9H2,(H2,25,31)(H,26,32)(H,27,30)/t11-,16+/m1/s1. The molecule has 10 nitrogen and oxygen atoms in total. The van der Waals surface area contributed by atoms with Crippen LogP contribution in [0, 0.1) is 5.82 Å². The van der Waals surface area contributed by atoms with Crippen molar-refractivity contribution in [2.45, 2.75) is 23.5 Å². The Morgan fingerprint density at radius 3 is 2.54 bits per heavy atom. The second-order valence-electron chi connectivity index (χ2n) is 7.72. The van der Waals surface area contributed by atoms with Crippen LogP contribution in [-0.4, -0.2) is 54.6 Å². The van der Waals surface area contributed by atoms with Crippen LogP contribution in [0.2, 0.25) is 5.02 Å². The van der Waals surface area contributed by atoms with Crippen LogP contribution in [0.1, 0.15) is 6.42 Å². The van der Waals surface area contributed by atoms with E-state index in [1.807, 2.05) is 0 Å². The molecule has 0 radical (unpaired) electrons. The molecular weight excluding hydrogens is 508 g/mol. The Morgan fingerprint density at radius 2 is 1.83 bits per heavy atom. The summed E-state index contributed by atoms with van der Waals surface area (Å²) < 4.78 is 56.3. The van der Waals surface area contributed by atoms with E-state index in [-0.39, 0.29) is 5.69 Å². The van der Waals surface area contributed by atoms with E-state index in [0.717, 1.165) is 21.6 Å². The van der Waals surface area contributed by atoms with Crippen LogP contribution in [0.5, 0.6) is 0 Å². The largest absolute Gasteiger partial charge is 0.351 e. The maximum Gasteiger partial charge on any atom is 0.323 e. The molecule has 3 aromatic rings. The van der Waals surface area contributed by atoms with Gasteiger partial charge in [-0.2, -0.15) is 0 Å². The fourth-order valence-corrected chi connectivity index (χ4v) is 5.20. The number of sulfonamides is 1. The van der Waals surface area contributed by atoms with Crippen LogP contribution in [0.3, 0.4) is 0 Å². The zero-order valence-electron chi connectivity index (χ0n) is 17.7. The molecule has 35 heavy (non-hydrogen) atoms. The van der Waals surface area contributed by atoms with Crippen LogP contribution >= 0.6 is 11.6 Å². The van der Waals surface area contributed by atoms with E-state index >= 15 is 0 Å². The van der Waals surface area contributed by atoms with Gasteiger partial charge in [0.15, 0.2) is 5.82 Å². The summed E-state index contributed by atoms with van der Waals surface area (Å²) in [6.45, 7) is -0.496. The summed E-state index contributed by atoms with van der Waals surface area (Å²) in [7, 11) is -4.71. The fourth-order valence-electron chi connectivity index (χ4n) is 3.85. The number of nitrogens with one attached hydrogen (secondary N) is 2. The van der Waals surface area contributed by atoms with Gasteiger partial charge in [0.1, 0.15) is 17.1 Å². The fraction of sp³-hybridized carbons (Fsp3) is 0.190. The van der Waals surface area contributed by atoms with E-state index in [4.69, 9.17) is 17.3 Å². The topological polar surface area (TPSA) is 144 Å². The molecule has 1 aromatic heterocycles. The van der Waals surface area contributed by atoms with E-state index in [0.29, 0.717) is 10.9 Å². The molecule has 2 atom stereocenters. The molecule has 0 bridgehead atoms. The number of halogens is 3. The number of urea groups is 1. The summed E-state index contributed by atoms with van der Waals surface area (Å²) in [5.74, 6) is -2.48. The maximum atomic E-state index is 14.2. The highest BCUT2D eigenvalue weighted by Crippen LogP contribution is 2.28. The van der Waals surface area contributed by atoms with Gasteiger partial charge < -0.3 is 16.0 Å². The third kappa shape index (κ3) is 4.64. The minimum atomic E-state index is -4.71. The van der Waals surface area contributed by atoms with Gasteiger partial charge in [0, 0.05) is 18.0 Å². The quantitative estimate of drug-likeness (QED) is 0.480. The summed E-state index contributed by atoms with van der Waals surface area (Å²) in [5, 5.41) is 2.49. The van der Waals surface area contributed by atoms with E-state index in [1.54, 1.807) is 29.0 Å². The predicted octanol–water partition coefficient (Wildman–Crippen LogP) is 2.81. The van der Waals surface area contributed by atoms with Gasteiger partial charge in [-0.1, -0.05) is 35.9 Å². The minimum absolute atomic E-state index is 0.166. The third-order valence-corrected chi connectivity index (χ3v) is 7.10. The smallest absolute Gasteiger partial charge is 0.323 e. The van der Waals surface area contributed by atoms with Crippen LogP contribution in [-0.2, 0) is 14.8 Å². The van der Waals surface area contributed by atoms with Crippen molar-refractivity contribution in [3.8, 4) is 0 Å². The molecule has 2 heterocycles. The zero-order valence-corrected chi connectivity index (χ0v) is 19.3. The highest BCUT2D eigenvalue weighted by Gasteiger charge is 2.41. The van der Waals surface area contributed by atoms with Gasteiger partial charge in [-0.25, -0.2) is 31.5 Å². The highest BCUT2D eigenvalue weighted by atomic mass is 35.5. The van der Waals surface area contributed by atoms with Crippen molar-refractivity contribution in [2.24, 2.45) is 5.73 Å². The molecule has 2 aromatic carbocycles. The van der Waals surface area contributed by atoms with Crippen molar-refractivity contribution >= 4 is 56.2 Å². The first kappa shape index (κ1) is 24.4. The van der Waals surface area contributed by atoms with Gasteiger partial charge in [0.2, 0.25) is 0 Å². The van der Waals surface area contributed by atoms with Gasteiger partial charge in [-0.15, -0.1) is 0 Å². The number of primary amides is 1. The molecular formula is C21H18ClF2N5O5S. The number of anilines is 1. The number of fused-ring (bicyclic) bond motifs is 1. The van der Waals surface area contributed by atoms with Crippen molar-refractivity contribution in [3.63, 3.8) is 0 Å². The molecule has 0 aliphatic carbocycles. The minimum Gasteiger partial charge on any atom is -0.351 e. The molecule has 4 N–H and O–H groups in total. The molecule has 0 unspecified atom stereocenters. The highest BCUT2D eigenvalue weighted by molar-refractivity contribution is 7.90. The lowest BCUT2D eigenvalue weighted by Crippen LogP contribution is -2.48. The molecule has 1 saturated heterocycles. The maximum absolute atomic E-state index is 14.2. The second kappa shape index (κ2) is 9.15. The average Bonchev–Trinajstić information content (AvgIpc) is 3.36. The lowest BCUT2D eigenvalue weighted by molar-refractivity contribution is -0.122. The number of nitrogens with zero attached hydrogens (tertiary/aromatic N) is 2. The first-order valence-electron chi connectivity index (χ1n) is 10.1. The Morgan fingerprint density at radius 1 is 1.11 bits per heavy atom. The number of nitrogens with two attached hydrogens (primary N) is 1. The number of alkyl halides is 1. The van der Waals surface area contributed by atoms with Crippen LogP contribution in [0.4, 0.5) is 24.1 Å². The van der Waals surface area contributed by atoms with Crippen LogP contribution in [0.15, 0.2) is 53.6 Å². The molecule has 184 valence electrons. The number of hydrogen-bond donors (Lipinski definition) is 3. The Bertz CT molecular complexity index is 1460. The second-order valence-corrected chi connectivity index (χ2v) is 9.78. The number of carbonyl (C=O) groups is 3. The number of para-hydroxylation sites is 1. The normalized spacial score (nSPS) is 18.0. The van der Waals surface area contributed by atoms with Crippen molar-refractivity contribution in [1.82, 2.24) is 14.2 Å². The number of amides is 4. The summed E-state index contributed by atoms with van der Waals surface area (Å²) >= 11 is 5.61. The monoisotopic (exact) mass is 525 g/mol. The van der Waals surface area contributed by atoms with Gasteiger partial charge in [-0.05, 0) is 18.2 Å². The van der Waals surface area contributed by atoms with Crippen LogP contribution < -0.4 is 15.8 Å². The van der Waals surface area contributed by atoms with E-state index in [9.17, 15) is 31.6 Å². The predicted molar refractivity (Wildman–Crippen MR) is 123 cm³/mol. The number of carbonyl (C=O) groups excluding carboxylic acids is 3. The third-order valence-electron chi connectivity index (χ3n) is 5.45. The number of benzene rings is 2. The summed E-state index contributed by atoms with van der Waals surface area (Å²) in [6, 6.07) is 6.52. The summed E-state index contributed by atoms with van der Waals surface area (Å²) in [4.78, 5) is 37.4. The number of rotatable bonds is 4. The van der Waals surface area contributed by atoms with Crippen molar-refractivity contribution in [3.05, 3.63) is 59.5 Å². The molecule has 4 amide bonds. The summed E-state index contributed by atoms with van der Waals surface area (Å²) in [6.07, 6.45) is -0.820. The Balaban J connectivity index is 1.57. The Kier molecular flexibility index (Phi) is 6.38. The average molecular weight is 526 g/mol. The van der Waals surface area contributed by atoms with E-state index < -0.39 is 68.9 Å². The molecule has 0 spiro atoms. The van der Waals surface area contributed by atoms with Crippen molar-refractivity contribution in [2.75, 3.05) is 11.9 Å². The van der Waals surface area contributed by atoms with E-state index in [1.165, 1.54) is 12.3 Å². The first-order chi connectivity index (χ1) is 16.5. The first-order valence-corrected chi connectivity index (χ1v) is 12.0. The molecule has 1 aliphatic heterocycles. The van der Waals surface area contributed by atoms with Crippen molar-refractivity contribution in [1.29, 1.82) is 0 Å². The number of hydrogen-bond acceptors (Lipinski definition) is 5.